The molecular formula is C17H22N4O5S3. The molecule has 0 saturated heterocycles. The van der Waals surface area contributed by atoms with Crippen molar-refractivity contribution in [2.45, 2.75) is 17.3 Å². The lowest BCUT2D eigenvalue weighted by atomic mass is 10.2. The summed E-state index contributed by atoms with van der Waals surface area (Å²) in [4.78, 5) is 12.8. The van der Waals surface area contributed by atoms with Crippen LogP contribution in [0.2, 0.25) is 0 Å². The zero-order chi connectivity index (χ0) is 21.6. The van der Waals surface area contributed by atoms with Crippen LogP contribution in [0.4, 0.5) is 10.8 Å². The second-order valence-corrected chi connectivity index (χ2v) is 9.84. The Hall–Kier alpha value is -2.31. The van der Waals surface area contributed by atoms with Crippen LogP contribution in [0.5, 0.6) is 11.5 Å². The van der Waals surface area contributed by atoms with Gasteiger partial charge in [0.15, 0.2) is 4.34 Å². The van der Waals surface area contributed by atoms with Gasteiger partial charge >= 0.3 is 0 Å². The van der Waals surface area contributed by atoms with E-state index in [0.717, 1.165) is 10.6 Å². The Balaban J connectivity index is 2.32. The van der Waals surface area contributed by atoms with Crippen molar-refractivity contribution in [2.24, 2.45) is 0 Å². The third-order valence-corrected chi connectivity index (χ3v) is 6.87. The molecule has 2 aromatic rings. The van der Waals surface area contributed by atoms with Gasteiger partial charge in [-0.15, -0.1) is 16.8 Å². The molecule has 158 valence electrons. The number of nitrogens with one attached hydrogen (secondary N) is 1. The minimum Gasteiger partial charge on any atom is -0.497 e. The van der Waals surface area contributed by atoms with E-state index in [-0.39, 0.29) is 16.6 Å². The standard InChI is InChI=1S/C17H22N4O5S3/c1-6-9-27-17-20-19-16(28-17)18-15(22)11(2)21(29(5,23)24)13-10-12(25-3)7-8-14(13)26-4/h6-8,10-11H,1,9H2,2-5H3,(H,18,19,22)/t11-/m1/s1. The second-order valence-electron chi connectivity index (χ2n) is 5.73. The molecule has 1 aromatic carbocycles. The Labute approximate surface area is 178 Å². The average molecular weight is 459 g/mol. The lowest BCUT2D eigenvalue weighted by Crippen LogP contribution is -2.45. The van der Waals surface area contributed by atoms with E-state index in [9.17, 15) is 13.2 Å². The van der Waals surface area contributed by atoms with Crippen LogP contribution in [-0.2, 0) is 14.8 Å². The third-order valence-electron chi connectivity index (χ3n) is 3.67. The Morgan fingerprint density at radius 1 is 1.38 bits per heavy atom. The first-order chi connectivity index (χ1) is 13.7. The van der Waals surface area contributed by atoms with Crippen LogP contribution in [0.1, 0.15) is 6.92 Å². The van der Waals surface area contributed by atoms with Gasteiger partial charge in [0, 0.05) is 11.8 Å². The molecule has 1 aromatic heterocycles. The summed E-state index contributed by atoms with van der Waals surface area (Å²) < 4.78 is 37.2. The van der Waals surface area contributed by atoms with Gasteiger partial charge < -0.3 is 9.47 Å². The summed E-state index contributed by atoms with van der Waals surface area (Å²) in [5, 5.41) is 10.8. The number of sulfonamides is 1. The molecule has 0 unspecified atom stereocenters. The molecule has 12 heteroatoms. The zero-order valence-corrected chi connectivity index (χ0v) is 18.9. The van der Waals surface area contributed by atoms with E-state index in [1.165, 1.54) is 50.3 Å². The van der Waals surface area contributed by atoms with Gasteiger partial charge in [0.2, 0.25) is 21.1 Å². The van der Waals surface area contributed by atoms with Crippen molar-refractivity contribution in [3.63, 3.8) is 0 Å². The lowest BCUT2D eigenvalue weighted by molar-refractivity contribution is -0.116. The molecule has 0 aliphatic heterocycles. The first-order valence-corrected chi connectivity index (χ1v) is 12.0. The maximum absolute atomic E-state index is 12.8. The van der Waals surface area contributed by atoms with E-state index < -0.39 is 22.0 Å². The number of nitrogens with zero attached hydrogens (tertiary/aromatic N) is 3. The summed E-state index contributed by atoms with van der Waals surface area (Å²) in [6.07, 6.45) is 2.75. The fourth-order valence-corrected chi connectivity index (χ4v) is 5.09. The molecule has 1 atom stereocenters. The monoisotopic (exact) mass is 458 g/mol. The Kier molecular flexibility index (Phi) is 7.88. The molecule has 29 heavy (non-hydrogen) atoms. The molecule has 1 amide bonds. The highest BCUT2D eigenvalue weighted by Crippen LogP contribution is 2.35. The molecule has 0 bridgehead atoms. The number of rotatable bonds is 10. The quantitative estimate of drug-likeness (QED) is 0.329. The minimum atomic E-state index is -3.83. The molecule has 0 spiro atoms. The van der Waals surface area contributed by atoms with E-state index in [4.69, 9.17) is 9.47 Å². The number of carbonyl (C=O) groups is 1. The predicted octanol–water partition coefficient (Wildman–Crippen LogP) is 2.63. The van der Waals surface area contributed by atoms with E-state index in [1.54, 1.807) is 18.2 Å². The van der Waals surface area contributed by atoms with Gasteiger partial charge in [-0.05, 0) is 19.1 Å². The summed E-state index contributed by atoms with van der Waals surface area (Å²) in [5.41, 5.74) is 0.191. The number of methoxy groups -OCH3 is 2. The molecule has 0 aliphatic rings. The van der Waals surface area contributed by atoms with Crippen LogP contribution < -0.4 is 19.1 Å². The SMILES string of the molecule is C=CCSc1nnc(NC(=O)[C@@H](C)N(c2cc(OC)ccc2OC)S(C)(=O)=O)s1. The van der Waals surface area contributed by atoms with Crippen LogP contribution in [-0.4, -0.2) is 56.8 Å². The average Bonchev–Trinajstić information content (AvgIpc) is 3.12. The molecule has 1 N–H and O–H groups in total. The van der Waals surface area contributed by atoms with Crippen molar-refractivity contribution >= 4 is 49.8 Å². The Morgan fingerprint density at radius 2 is 2.10 bits per heavy atom. The van der Waals surface area contributed by atoms with Gasteiger partial charge in [0.25, 0.3) is 0 Å². The number of anilines is 2. The van der Waals surface area contributed by atoms with Crippen molar-refractivity contribution in [3.05, 3.63) is 30.9 Å². The Bertz CT molecular complexity index is 977. The molecule has 0 aliphatic carbocycles. The van der Waals surface area contributed by atoms with Crippen LogP contribution in [0.25, 0.3) is 0 Å². The normalized spacial score (nSPS) is 12.1. The minimum absolute atomic E-state index is 0.191. The molecule has 0 saturated carbocycles. The summed E-state index contributed by atoms with van der Waals surface area (Å²) in [7, 11) is -0.951. The first kappa shape index (κ1) is 23.0. The summed E-state index contributed by atoms with van der Waals surface area (Å²) in [6, 6.07) is 3.62. The maximum Gasteiger partial charge on any atom is 0.249 e. The van der Waals surface area contributed by atoms with Gasteiger partial charge in [-0.25, -0.2) is 8.42 Å². The smallest absolute Gasteiger partial charge is 0.249 e. The van der Waals surface area contributed by atoms with Crippen molar-refractivity contribution in [1.29, 1.82) is 0 Å². The summed E-state index contributed by atoms with van der Waals surface area (Å²) in [6.45, 7) is 5.11. The lowest BCUT2D eigenvalue weighted by Gasteiger charge is -2.29. The number of hydrogen-bond donors (Lipinski definition) is 1. The highest BCUT2D eigenvalue weighted by Gasteiger charge is 2.32. The van der Waals surface area contributed by atoms with Crippen molar-refractivity contribution in [1.82, 2.24) is 10.2 Å². The topological polar surface area (TPSA) is 111 Å². The van der Waals surface area contributed by atoms with E-state index in [2.05, 4.69) is 22.1 Å². The fraction of sp³-hybridized carbons (Fsp3) is 0.353. The van der Waals surface area contributed by atoms with Gasteiger partial charge in [-0.3, -0.25) is 14.4 Å². The number of ether oxygens (including phenoxy) is 2. The number of carbonyl (C=O) groups excluding carboxylic acids is 1. The van der Waals surface area contributed by atoms with Crippen LogP contribution in [0.15, 0.2) is 35.2 Å². The fourth-order valence-electron chi connectivity index (χ4n) is 2.41. The zero-order valence-electron chi connectivity index (χ0n) is 16.4. The molecular weight excluding hydrogens is 436 g/mol. The summed E-state index contributed by atoms with van der Waals surface area (Å²) >= 11 is 2.63. The molecule has 0 fully saturated rings. The second kappa shape index (κ2) is 9.94. The van der Waals surface area contributed by atoms with Crippen LogP contribution >= 0.6 is 23.1 Å². The van der Waals surface area contributed by atoms with Crippen LogP contribution in [0.3, 0.4) is 0 Å². The van der Waals surface area contributed by atoms with Crippen molar-refractivity contribution < 1.29 is 22.7 Å². The van der Waals surface area contributed by atoms with Crippen molar-refractivity contribution in [2.75, 3.05) is 35.9 Å². The number of amides is 1. The van der Waals surface area contributed by atoms with Gasteiger partial charge in [-0.1, -0.05) is 29.2 Å². The number of benzene rings is 1. The number of hydrogen-bond acceptors (Lipinski definition) is 9. The number of aromatic nitrogens is 2. The summed E-state index contributed by atoms with van der Waals surface area (Å²) in [5.74, 6) is 0.818. The predicted molar refractivity (Wildman–Crippen MR) is 116 cm³/mol. The first-order valence-electron chi connectivity index (χ1n) is 8.30. The molecule has 2 rings (SSSR count). The largest absolute Gasteiger partial charge is 0.497 e. The van der Waals surface area contributed by atoms with Crippen molar-refractivity contribution in [3.8, 4) is 11.5 Å². The van der Waals surface area contributed by atoms with Gasteiger partial charge in [0.1, 0.15) is 17.5 Å². The van der Waals surface area contributed by atoms with E-state index in [0.29, 0.717) is 15.8 Å². The highest BCUT2D eigenvalue weighted by atomic mass is 32.2. The maximum atomic E-state index is 12.8. The van der Waals surface area contributed by atoms with Gasteiger partial charge in [0.05, 0.1) is 26.2 Å². The Morgan fingerprint density at radius 3 is 2.69 bits per heavy atom. The van der Waals surface area contributed by atoms with Crippen LogP contribution in [0, 0.1) is 0 Å². The molecule has 9 nitrogen and oxygen atoms in total. The third kappa shape index (κ3) is 5.84. The highest BCUT2D eigenvalue weighted by molar-refractivity contribution is 8.01. The van der Waals surface area contributed by atoms with E-state index in [1.807, 2.05) is 0 Å². The number of thioether (sulfide) groups is 1. The van der Waals surface area contributed by atoms with Gasteiger partial charge in [-0.2, -0.15) is 0 Å². The molecule has 0 radical (unpaired) electrons. The molecule has 1 heterocycles. The van der Waals surface area contributed by atoms with E-state index >= 15 is 0 Å².